The summed E-state index contributed by atoms with van der Waals surface area (Å²) >= 11 is 3.29. The fourth-order valence-electron chi connectivity index (χ4n) is 1.60. The Labute approximate surface area is 91.9 Å². The van der Waals surface area contributed by atoms with Crippen LogP contribution in [0.2, 0.25) is 0 Å². The second-order valence-electron chi connectivity index (χ2n) is 3.23. The quantitative estimate of drug-likeness (QED) is 0.902. The molecule has 0 saturated heterocycles. The fourth-order valence-corrected chi connectivity index (χ4v) is 2.04. The highest BCUT2D eigenvalue weighted by molar-refractivity contribution is 9.10. The molecule has 1 rings (SSSR count). The van der Waals surface area contributed by atoms with Crippen LogP contribution in [0.25, 0.3) is 0 Å². The summed E-state index contributed by atoms with van der Waals surface area (Å²) in [5.74, 6) is -0.873. The molecule has 3 nitrogen and oxygen atoms in total. The number of nitrogens with zero attached hydrogens (tertiary/aromatic N) is 1. The third kappa shape index (κ3) is 2.18. The minimum Gasteiger partial charge on any atom is -0.477 e. The molecule has 0 aliphatic rings. The third-order valence-corrected chi connectivity index (χ3v) is 2.80. The van der Waals surface area contributed by atoms with E-state index >= 15 is 0 Å². The van der Waals surface area contributed by atoms with Crippen molar-refractivity contribution in [2.24, 2.45) is 0 Å². The molecular formula is C10H14BrNO2. The lowest BCUT2D eigenvalue weighted by molar-refractivity contribution is 0.0682. The van der Waals surface area contributed by atoms with E-state index in [1.54, 1.807) is 6.07 Å². The van der Waals surface area contributed by atoms with Crippen LogP contribution in [0.5, 0.6) is 0 Å². The maximum absolute atomic E-state index is 10.9. The highest BCUT2D eigenvalue weighted by atomic mass is 79.9. The van der Waals surface area contributed by atoms with Gasteiger partial charge in [-0.1, -0.05) is 13.8 Å². The SMILES string of the molecule is CCC(CC)n1cc(Br)cc1C(=O)O. The number of carbonyl (C=O) groups is 1. The lowest BCUT2D eigenvalue weighted by Crippen LogP contribution is -2.12. The van der Waals surface area contributed by atoms with E-state index in [2.05, 4.69) is 29.8 Å². The number of rotatable bonds is 4. The van der Waals surface area contributed by atoms with E-state index in [1.165, 1.54) is 0 Å². The van der Waals surface area contributed by atoms with Crippen LogP contribution in [0.4, 0.5) is 0 Å². The zero-order valence-electron chi connectivity index (χ0n) is 8.33. The van der Waals surface area contributed by atoms with Gasteiger partial charge in [0.15, 0.2) is 0 Å². The molecule has 14 heavy (non-hydrogen) atoms. The lowest BCUT2D eigenvalue weighted by Gasteiger charge is -2.16. The van der Waals surface area contributed by atoms with Crippen LogP contribution in [0.3, 0.4) is 0 Å². The molecule has 1 N–H and O–H groups in total. The molecule has 0 aromatic carbocycles. The zero-order chi connectivity index (χ0) is 10.7. The highest BCUT2D eigenvalue weighted by Gasteiger charge is 2.16. The summed E-state index contributed by atoms with van der Waals surface area (Å²) in [5, 5.41) is 8.98. The van der Waals surface area contributed by atoms with Crippen molar-refractivity contribution in [3.63, 3.8) is 0 Å². The maximum atomic E-state index is 10.9. The number of hydrogen-bond acceptors (Lipinski definition) is 1. The standard InChI is InChI=1S/C10H14BrNO2/c1-3-8(4-2)12-6-7(11)5-9(12)10(13)14/h5-6,8H,3-4H2,1-2H3,(H,13,14). The molecule has 1 aromatic heterocycles. The van der Waals surface area contributed by atoms with Gasteiger partial charge in [-0.2, -0.15) is 0 Å². The Morgan fingerprint density at radius 2 is 2.14 bits per heavy atom. The summed E-state index contributed by atoms with van der Waals surface area (Å²) in [7, 11) is 0. The van der Waals surface area contributed by atoms with Crippen LogP contribution in [0.1, 0.15) is 43.2 Å². The first kappa shape index (κ1) is 11.3. The normalized spacial score (nSPS) is 10.9. The van der Waals surface area contributed by atoms with Crippen molar-refractivity contribution >= 4 is 21.9 Å². The van der Waals surface area contributed by atoms with Crippen LogP contribution < -0.4 is 0 Å². The summed E-state index contributed by atoms with van der Waals surface area (Å²) < 4.78 is 2.65. The number of aromatic carboxylic acids is 1. The van der Waals surface area contributed by atoms with Gasteiger partial charge >= 0.3 is 5.97 Å². The molecular weight excluding hydrogens is 246 g/mol. The van der Waals surface area contributed by atoms with Gasteiger partial charge in [-0.15, -0.1) is 0 Å². The first-order chi connectivity index (χ1) is 6.60. The smallest absolute Gasteiger partial charge is 0.352 e. The van der Waals surface area contributed by atoms with E-state index in [1.807, 2.05) is 10.8 Å². The average molecular weight is 260 g/mol. The summed E-state index contributed by atoms with van der Waals surface area (Å²) in [6.07, 6.45) is 3.72. The molecule has 0 atom stereocenters. The summed E-state index contributed by atoms with van der Waals surface area (Å²) in [4.78, 5) is 10.9. The zero-order valence-corrected chi connectivity index (χ0v) is 9.91. The van der Waals surface area contributed by atoms with Crippen molar-refractivity contribution in [2.75, 3.05) is 0 Å². The van der Waals surface area contributed by atoms with Crippen molar-refractivity contribution in [1.29, 1.82) is 0 Å². The van der Waals surface area contributed by atoms with Crippen LogP contribution in [0, 0.1) is 0 Å². The molecule has 78 valence electrons. The Bertz CT molecular complexity index is 329. The second-order valence-corrected chi connectivity index (χ2v) is 4.14. The van der Waals surface area contributed by atoms with Crippen molar-refractivity contribution in [1.82, 2.24) is 4.57 Å². The Hall–Kier alpha value is -0.770. The van der Waals surface area contributed by atoms with E-state index in [4.69, 9.17) is 5.11 Å². The van der Waals surface area contributed by atoms with Crippen molar-refractivity contribution in [3.05, 3.63) is 22.4 Å². The van der Waals surface area contributed by atoms with Gasteiger partial charge < -0.3 is 9.67 Å². The molecule has 0 fully saturated rings. The number of aromatic nitrogens is 1. The topological polar surface area (TPSA) is 42.2 Å². The number of carboxylic acids is 1. The molecule has 0 unspecified atom stereocenters. The largest absolute Gasteiger partial charge is 0.477 e. The Morgan fingerprint density at radius 1 is 1.57 bits per heavy atom. The van der Waals surface area contributed by atoms with Gasteiger partial charge in [0.25, 0.3) is 0 Å². The molecule has 0 spiro atoms. The van der Waals surface area contributed by atoms with E-state index in [0.717, 1.165) is 17.3 Å². The van der Waals surface area contributed by atoms with E-state index in [0.29, 0.717) is 5.69 Å². The highest BCUT2D eigenvalue weighted by Crippen LogP contribution is 2.23. The summed E-state index contributed by atoms with van der Waals surface area (Å²) in [6.45, 7) is 4.13. The molecule has 0 radical (unpaired) electrons. The minimum absolute atomic E-state index is 0.271. The van der Waals surface area contributed by atoms with Crippen LogP contribution in [-0.4, -0.2) is 15.6 Å². The minimum atomic E-state index is -0.873. The van der Waals surface area contributed by atoms with Gasteiger partial charge in [-0.3, -0.25) is 0 Å². The molecule has 0 amide bonds. The Morgan fingerprint density at radius 3 is 2.57 bits per heavy atom. The van der Waals surface area contributed by atoms with Crippen molar-refractivity contribution in [2.45, 2.75) is 32.7 Å². The molecule has 0 bridgehead atoms. The van der Waals surface area contributed by atoms with Gasteiger partial charge in [-0.05, 0) is 34.8 Å². The van der Waals surface area contributed by atoms with Gasteiger partial charge in [0, 0.05) is 16.7 Å². The van der Waals surface area contributed by atoms with E-state index < -0.39 is 5.97 Å². The Balaban J connectivity index is 3.11. The average Bonchev–Trinajstić information content (AvgIpc) is 2.50. The first-order valence-electron chi connectivity index (χ1n) is 4.70. The van der Waals surface area contributed by atoms with E-state index in [-0.39, 0.29) is 6.04 Å². The van der Waals surface area contributed by atoms with Crippen LogP contribution in [-0.2, 0) is 0 Å². The third-order valence-electron chi connectivity index (χ3n) is 2.37. The van der Waals surface area contributed by atoms with Gasteiger partial charge in [-0.25, -0.2) is 4.79 Å². The van der Waals surface area contributed by atoms with Crippen LogP contribution in [0.15, 0.2) is 16.7 Å². The molecule has 0 aliphatic carbocycles. The molecule has 0 saturated carbocycles. The van der Waals surface area contributed by atoms with Crippen molar-refractivity contribution in [3.8, 4) is 0 Å². The van der Waals surface area contributed by atoms with Gasteiger partial charge in [0.2, 0.25) is 0 Å². The van der Waals surface area contributed by atoms with Gasteiger partial charge in [0.1, 0.15) is 5.69 Å². The number of halogens is 1. The number of carboxylic acid groups (broad SMARTS) is 1. The molecule has 1 aromatic rings. The lowest BCUT2D eigenvalue weighted by atomic mass is 10.1. The van der Waals surface area contributed by atoms with Gasteiger partial charge in [0.05, 0.1) is 0 Å². The molecule has 0 aliphatic heterocycles. The number of hydrogen-bond donors (Lipinski definition) is 1. The fraction of sp³-hybridized carbons (Fsp3) is 0.500. The molecule has 4 heteroatoms. The maximum Gasteiger partial charge on any atom is 0.352 e. The first-order valence-corrected chi connectivity index (χ1v) is 5.50. The van der Waals surface area contributed by atoms with Crippen LogP contribution >= 0.6 is 15.9 Å². The van der Waals surface area contributed by atoms with E-state index in [9.17, 15) is 4.79 Å². The summed E-state index contributed by atoms with van der Waals surface area (Å²) in [5.41, 5.74) is 0.352. The second kappa shape index (κ2) is 4.64. The monoisotopic (exact) mass is 259 g/mol. The van der Waals surface area contributed by atoms with Crippen molar-refractivity contribution < 1.29 is 9.90 Å². The predicted molar refractivity (Wildman–Crippen MR) is 58.7 cm³/mol. The summed E-state index contributed by atoms with van der Waals surface area (Å²) in [6, 6.07) is 1.91. The Kier molecular flexibility index (Phi) is 3.75. The predicted octanol–water partition coefficient (Wildman–Crippen LogP) is 3.31. The molecule has 1 heterocycles.